The van der Waals surface area contributed by atoms with E-state index in [-0.39, 0.29) is 23.0 Å². The van der Waals surface area contributed by atoms with E-state index in [1.54, 1.807) is 0 Å². The molecule has 0 bridgehead atoms. The van der Waals surface area contributed by atoms with Gasteiger partial charge in [0.25, 0.3) is 5.56 Å². The molecule has 9 heteroatoms. The standard InChI is InChI=1S/C12H11F3N4O2/c1-19-10(18-17-9(16)11(19)20)7-4-3-6(12(13,14)15)5-8(7)21-2/h3-5H,1-2H3,(H2,16,17). The van der Waals surface area contributed by atoms with Gasteiger partial charge in [0.05, 0.1) is 18.2 Å². The third-order valence-electron chi connectivity index (χ3n) is 2.86. The summed E-state index contributed by atoms with van der Waals surface area (Å²) in [6.45, 7) is 0. The maximum atomic E-state index is 12.7. The van der Waals surface area contributed by atoms with Gasteiger partial charge in [-0.1, -0.05) is 0 Å². The van der Waals surface area contributed by atoms with Crippen LogP contribution in [0.15, 0.2) is 23.0 Å². The van der Waals surface area contributed by atoms with Crippen LogP contribution in [0.1, 0.15) is 5.56 Å². The molecule has 112 valence electrons. The van der Waals surface area contributed by atoms with Crippen molar-refractivity contribution in [3.63, 3.8) is 0 Å². The van der Waals surface area contributed by atoms with Gasteiger partial charge in [0.1, 0.15) is 5.75 Å². The van der Waals surface area contributed by atoms with E-state index in [0.29, 0.717) is 0 Å². The summed E-state index contributed by atoms with van der Waals surface area (Å²) < 4.78 is 44.1. The van der Waals surface area contributed by atoms with Crippen molar-refractivity contribution in [1.29, 1.82) is 0 Å². The number of halogens is 3. The first-order valence-electron chi connectivity index (χ1n) is 5.70. The molecule has 0 unspecified atom stereocenters. The normalized spacial score (nSPS) is 11.5. The van der Waals surface area contributed by atoms with Gasteiger partial charge in [-0.15, -0.1) is 10.2 Å². The van der Waals surface area contributed by atoms with Crippen LogP contribution in [0.4, 0.5) is 19.0 Å². The van der Waals surface area contributed by atoms with Crippen LogP contribution >= 0.6 is 0 Å². The molecule has 6 nitrogen and oxygen atoms in total. The minimum atomic E-state index is -4.50. The number of nitrogen functional groups attached to an aromatic ring is 1. The monoisotopic (exact) mass is 300 g/mol. The predicted molar refractivity (Wildman–Crippen MR) is 68.7 cm³/mol. The number of methoxy groups -OCH3 is 1. The SMILES string of the molecule is COc1cc(C(F)(F)F)ccc1-c1nnc(N)c(=O)n1C. The number of nitrogens with zero attached hydrogens (tertiary/aromatic N) is 3. The van der Waals surface area contributed by atoms with Gasteiger partial charge >= 0.3 is 6.18 Å². The van der Waals surface area contributed by atoms with Crippen LogP contribution in [0.3, 0.4) is 0 Å². The van der Waals surface area contributed by atoms with E-state index in [9.17, 15) is 18.0 Å². The van der Waals surface area contributed by atoms with E-state index in [2.05, 4.69) is 10.2 Å². The maximum Gasteiger partial charge on any atom is 0.416 e. The van der Waals surface area contributed by atoms with Gasteiger partial charge in [0.2, 0.25) is 5.82 Å². The summed E-state index contributed by atoms with van der Waals surface area (Å²) in [7, 11) is 2.61. The lowest BCUT2D eigenvalue weighted by Gasteiger charge is -2.13. The molecule has 1 aromatic heterocycles. The molecule has 0 radical (unpaired) electrons. The first-order chi connectivity index (χ1) is 9.75. The lowest BCUT2D eigenvalue weighted by molar-refractivity contribution is -0.137. The zero-order valence-electron chi connectivity index (χ0n) is 11.1. The summed E-state index contributed by atoms with van der Waals surface area (Å²) in [5.41, 5.74) is 4.08. The van der Waals surface area contributed by atoms with Gasteiger partial charge in [-0.25, -0.2) is 0 Å². The molecule has 0 aliphatic heterocycles. The first kappa shape index (κ1) is 14.8. The molecule has 1 heterocycles. The van der Waals surface area contributed by atoms with E-state index in [0.717, 1.165) is 16.7 Å². The Hall–Kier alpha value is -2.58. The lowest BCUT2D eigenvalue weighted by atomic mass is 10.1. The van der Waals surface area contributed by atoms with Crippen molar-refractivity contribution in [3.8, 4) is 17.1 Å². The molecular weight excluding hydrogens is 289 g/mol. The summed E-state index contributed by atoms with van der Waals surface area (Å²) in [6, 6.07) is 2.87. The number of anilines is 1. The van der Waals surface area contributed by atoms with E-state index in [4.69, 9.17) is 10.5 Å². The molecule has 0 aliphatic carbocycles. The number of rotatable bonds is 2. The number of hydrogen-bond acceptors (Lipinski definition) is 5. The summed E-state index contributed by atoms with van der Waals surface area (Å²) in [5.74, 6) is -0.314. The Morgan fingerprint density at radius 1 is 1.29 bits per heavy atom. The second-order valence-electron chi connectivity index (χ2n) is 4.19. The molecule has 0 fully saturated rings. The molecule has 1 aromatic carbocycles. The highest BCUT2D eigenvalue weighted by molar-refractivity contribution is 5.65. The lowest BCUT2D eigenvalue weighted by Crippen LogP contribution is -2.24. The summed E-state index contributed by atoms with van der Waals surface area (Å²) in [5, 5.41) is 7.22. The zero-order chi connectivity index (χ0) is 15.8. The summed E-state index contributed by atoms with van der Waals surface area (Å²) in [4.78, 5) is 11.7. The number of hydrogen-bond donors (Lipinski definition) is 1. The second kappa shape index (κ2) is 5.08. The predicted octanol–water partition coefficient (Wildman–Crippen LogP) is 1.45. The fraction of sp³-hybridized carbons (Fsp3) is 0.250. The van der Waals surface area contributed by atoms with Crippen LogP contribution in [0.25, 0.3) is 11.4 Å². The highest BCUT2D eigenvalue weighted by Gasteiger charge is 2.31. The van der Waals surface area contributed by atoms with Crippen LogP contribution in [0.2, 0.25) is 0 Å². The maximum absolute atomic E-state index is 12.7. The quantitative estimate of drug-likeness (QED) is 0.907. The van der Waals surface area contributed by atoms with Gasteiger partial charge in [0.15, 0.2) is 5.82 Å². The van der Waals surface area contributed by atoms with Crippen molar-refractivity contribution in [2.45, 2.75) is 6.18 Å². The Labute approximate surface area is 117 Å². The van der Waals surface area contributed by atoms with Crippen LogP contribution in [-0.2, 0) is 13.2 Å². The van der Waals surface area contributed by atoms with Gasteiger partial charge in [-0.2, -0.15) is 13.2 Å². The van der Waals surface area contributed by atoms with Crippen LogP contribution < -0.4 is 16.0 Å². The Morgan fingerprint density at radius 2 is 1.95 bits per heavy atom. The Kier molecular flexibility index (Phi) is 3.58. The number of aromatic nitrogens is 3. The molecule has 0 spiro atoms. The van der Waals surface area contributed by atoms with E-state index in [1.165, 1.54) is 20.2 Å². The third-order valence-corrected chi connectivity index (χ3v) is 2.86. The van der Waals surface area contributed by atoms with Crippen molar-refractivity contribution in [3.05, 3.63) is 34.1 Å². The average molecular weight is 300 g/mol. The summed E-state index contributed by atoms with van der Waals surface area (Å²) >= 11 is 0. The molecule has 2 rings (SSSR count). The Morgan fingerprint density at radius 3 is 2.52 bits per heavy atom. The molecule has 0 atom stereocenters. The fourth-order valence-corrected chi connectivity index (χ4v) is 1.77. The molecule has 21 heavy (non-hydrogen) atoms. The number of benzene rings is 1. The first-order valence-corrected chi connectivity index (χ1v) is 5.70. The van der Waals surface area contributed by atoms with Gasteiger partial charge in [0, 0.05) is 7.05 Å². The van der Waals surface area contributed by atoms with Crippen molar-refractivity contribution in [1.82, 2.24) is 14.8 Å². The second-order valence-corrected chi connectivity index (χ2v) is 4.19. The highest BCUT2D eigenvalue weighted by Crippen LogP contribution is 2.35. The minimum absolute atomic E-state index is 0.0553. The average Bonchev–Trinajstić information content (AvgIpc) is 2.43. The molecule has 0 saturated heterocycles. The molecule has 0 saturated carbocycles. The van der Waals surface area contributed by atoms with Crippen molar-refractivity contribution in [2.24, 2.45) is 7.05 Å². The minimum Gasteiger partial charge on any atom is -0.496 e. The van der Waals surface area contributed by atoms with E-state index >= 15 is 0 Å². The number of alkyl halides is 3. The third kappa shape index (κ3) is 2.67. The molecule has 0 amide bonds. The molecule has 2 aromatic rings. The number of nitrogens with two attached hydrogens (primary N) is 1. The highest BCUT2D eigenvalue weighted by atomic mass is 19.4. The van der Waals surface area contributed by atoms with Gasteiger partial charge in [-0.3, -0.25) is 9.36 Å². The topological polar surface area (TPSA) is 83.0 Å². The number of ether oxygens (including phenoxy) is 1. The van der Waals surface area contributed by atoms with Crippen LogP contribution in [0.5, 0.6) is 5.75 Å². The smallest absolute Gasteiger partial charge is 0.416 e. The van der Waals surface area contributed by atoms with E-state index < -0.39 is 17.3 Å². The molecular formula is C12H11F3N4O2. The van der Waals surface area contributed by atoms with Crippen LogP contribution in [0, 0.1) is 0 Å². The van der Waals surface area contributed by atoms with Crippen LogP contribution in [-0.4, -0.2) is 21.9 Å². The Balaban J connectivity index is 2.65. The van der Waals surface area contributed by atoms with Crippen molar-refractivity contribution in [2.75, 3.05) is 12.8 Å². The van der Waals surface area contributed by atoms with Crippen molar-refractivity contribution >= 4 is 5.82 Å². The largest absolute Gasteiger partial charge is 0.496 e. The molecule has 0 aliphatic rings. The van der Waals surface area contributed by atoms with E-state index in [1.807, 2.05) is 0 Å². The fourth-order valence-electron chi connectivity index (χ4n) is 1.77. The Bertz CT molecular complexity index is 740. The van der Waals surface area contributed by atoms with Crippen molar-refractivity contribution < 1.29 is 17.9 Å². The van der Waals surface area contributed by atoms with Gasteiger partial charge < -0.3 is 10.5 Å². The zero-order valence-corrected chi connectivity index (χ0v) is 11.1. The van der Waals surface area contributed by atoms with Gasteiger partial charge in [-0.05, 0) is 18.2 Å². The molecule has 2 N–H and O–H groups in total. The summed E-state index contributed by atoms with van der Waals surface area (Å²) in [6.07, 6.45) is -4.50.